The summed E-state index contributed by atoms with van der Waals surface area (Å²) in [7, 11) is 0. The van der Waals surface area contributed by atoms with Crippen LogP contribution in [0.15, 0.2) is 42.5 Å². The summed E-state index contributed by atoms with van der Waals surface area (Å²) >= 11 is 0. The van der Waals surface area contributed by atoms with Crippen molar-refractivity contribution in [3.63, 3.8) is 0 Å². The van der Waals surface area contributed by atoms with Gasteiger partial charge in [-0.25, -0.2) is 9.78 Å². The molecule has 1 unspecified atom stereocenters. The minimum Gasteiger partial charge on any atom is -0.465 e. The van der Waals surface area contributed by atoms with Gasteiger partial charge in [0.05, 0.1) is 16.7 Å². The first-order valence-electron chi connectivity index (χ1n) is 12.0. The first-order chi connectivity index (χ1) is 15.7. The van der Waals surface area contributed by atoms with Gasteiger partial charge in [0.25, 0.3) is 0 Å². The molecule has 3 heterocycles. The number of hydrogen-bond donors (Lipinski definition) is 2. The van der Waals surface area contributed by atoms with Crippen molar-refractivity contribution in [3.05, 3.63) is 59.4 Å². The highest BCUT2D eigenvalue weighted by Gasteiger charge is 2.32. The highest BCUT2D eigenvalue weighted by Crippen LogP contribution is 2.38. The molecular formula is C26H32N4O2. The maximum Gasteiger partial charge on any atom is 0.412 e. The van der Waals surface area contributed by atoms with Gasteiger partial charge in [0, 0.05) is 24.1 Å². The number of carboxylic acid groups (broad SMARTS) is 1. The molecule has 1 atom stereocenters. The molecular weight excluding hydrogens is 400 g/mol. The molecule has 1 amide bonds. The Kier molecular flexibility index (Phi) is 5.87. The van der Waals surface area contributed by atoms with Gasteiger partial charge in [-0.2, -0.15) is 0 Å². The molecule has 1 saturated heterocycles. The smallest absolute Gasteiger partial charge is 0.412 e. The Labute approximate surface area is 189 Å². The number of hydrogen-bond acceptors (Lipinski definition) is 3. The Balaban J connectivity index is 1.59. The van der Waals surface area contributed by atoms with Crippen LogP contribution in [0.25, 0.3) is 11.0 Å². The van der Waals surface area contributed by atoms with E-state index in [0.717, 1.165) is 80.6 Å². The molecule has 0 bridgehead atoms. The molecule has 0 saturated carbocycles. The standard InChI is InChI=1S/C26H32N4O2/c1-2-19-9-10-21-22(30(19)26(31)32)11-12-23-25(21)28-24(13-8-18-6-4-3-5-7-18)29(23)20-14-16-27-17-15-20/h3-7,11-12,19-20,27H,2,8-10,13-17H2,1H3,(H,31,32). The van der Waals surface area contributed by atoms with E-state index in [2.05, 4.69) is 53.2 Å². The minimum atomic E-state index is -0.862. The molecule has 1 fully saturated rings. The Morgan fingerprint density at radius 2 is 1.88 bits per heavy atom. The van der Waals surface area contributed by atoms with Crippen LogP contribution in [0, 0.1) is 0 Å². The number of aromatic nitrogens is 2. The van der Waals surface area contributed by atoms with E-state index >= 15 is 0 Å². The number of aryl methyl sites for hydroxylation is 3. The lowest BCUT2D eigenvalue weighted by molar-refractivity contribution is 0.197. The minimum absolute atomic E-state index is 0.0431. The summed E-state index contributed by atoms with van der Waals surface area (Å²) in [6.45, 7) is 4.12. The van der Waals surface area contributed by atoms with Crippen LogP contribution in [0.4, 0.5) is 10.5 Å². The van der Waals surface area contributed by atoms with E-state index in [1.807, 2.05) is 6.07 Å². The van der Waals surface area contributed by atoms with E-state index in [1.165, 1.54) is 11.1 Å². The number of fused-ring (bicyclic) bond motifs is 3. The van der Waals surface area contributed by atoms with Crippen LogP contribution in [-0.2, 0) is 19.3 Å². The molecule has 0 spiro atoms. The predicted octanol–water partition coefficient (Wildman–Crippen LogP) is 4.96. The van der Waals surface area contributed by atoms with Crippen LogP contribution in [0.1, 0.15) is 55.6 Å². The third kappa shape index (κ3) is 3.77. The van der Waals surface area contributed by atoms with Crippen LogP contribution in [0.3, 0.4) is 0 Å². The zero-order chi connectivity index (χ0) is 22.1. The lowest BCUT2D eigenvalue weighted by atomic mass is 9.93. The highest BCUT2D eigenvalue weighted by atomic mass is 16.4. The van der Waals surface area contributed by atoms with Crippen LogP contribution < -0.4 is 10.2 Å². The monoisotopic (exact) mass is 432 g/mol. The van der Waals surface area contributed by atoms with E-state index in [-0.39, 0.29) is 6.04 Å². The number of nitrogens with one attached hydrogen (secondary N) is 1. The molecule has 168 valence electrons. The molecule has 3 aromatic rings. The average molecular weight is 433 g/mol. The lowest BCUT2D eigenvalue weighted by Crippen LogP contribution is -2.42. The van der Waals surface area contributed by atoms with E-state index in [4.69, 9.17) is 4.98 Å². The Bertz CT molecular complexity index is 1100. The normalized spacial score (nSPS) is 19.3. The third-order valence-electron chi connectivity index (χ3n) is 7.20. The summed E-state index contributed by atoms with van der Waals surface area (Å²) in [5.41, 5.74) is 5.42. The van der Waals surface area contributed by atoms with Crippen molar-refractivity contribution in [1.29, 1.82) is 0 Å². The molecule has 32 heavy (non-hydrogen) atoms. The number of rotatable bonds is 5. The first kappa shape index (κ1) is 21.0. The summed E-state index contributed by atoms with van der Waals surface area (Å²) in [5.74, 6) is 1.13. The van der Waals surface area contributed by atoms with Gasteiger partial charge in [-0.1, -0.05) is 37.3 Å². The molecule has 6 heteroatoms. The summed E-state index contributed by atoms with van der Waals surface area (Å²) < 4.78 is 2.47. The largest absolute Gasteiger partial charge is 0.465 e. The summed E-state index contributed by atoms with van der Waals surface area (Å²) in [4.78, 5) is 18.9. The van der Waals surface area contributed by atoms with E-state index in [9.17, 15) is 9.90 Å². The molecule has 2 aliphatic heterocycles. The molecule has 2 aliphatic rings. The second kappa shape index (κ2) is 8.94. The van der Waals surface area contributed by atoms with Gasteiger partial charge in [-0.05, 0) is 69.3 Å². The fourth-order valence-corrected chi connectivity index (χ4v) is 5.56. The van der Waals surface area contributed by atoms with E-state index < -0.39 is 6.09 Å². The topological polar surface area (TPSA) is 70.4 Å². The zero-order valence-electron chi connectivity index (χ0n) is 18.8. The summed E-state index contributed by atoms with van der Waals surface area (Å²) in [6.07, 6.45) is 5.74. The molecule has 2 N–H and O–H groups in total. The van der Waals surface area contributed by atoms with Crippen LogP contribution in [0.5, 0.6) is 0 Å². The number of amides is 1. The lowest BCUT2D eigenvalue weighted by Gasteiger charge is -2.35. The SMILES string of the molecule is CCC1CCc2c(ccc3c2nc(CCc2ccccc2)n3C2CCNCC2)N1C(=O)O. The van der Waals surface area contributed by atoms with Gasteiger partial charge in [-0.3, -0.25) is 4.90 Å². The van der Waals surface area contributed by atoms with Crippen molar-refractivity contribution in [1.82, 2.24) is 14.9 Å². The number of nitrogens with zero attached hydrogens (tertiary/aromatic N) is 3. The van der Waals surface area contributed by atoms with Crippen LogP contribution in [-0.4, -0.2) is 39.9 Å². The molecule has 0 radical (unpaired) electrons. The van der Waals surface area contributed by atoms with Crippen molar-refractivity contribution in [3.8, 4) is 0 Å². The third-order valence-corrected chi connectivity index (χ3v) is 7.20. The van der Waals surface area contributed by atoms with E-state index in [1.54, 1.807) is 4.90 Å². The second-order valence-electron chi connectivity index (χ2n) is 9.05. The maximum atomic E-state index is 12.1. The van der Waals surface area contributed by atoms with Crippen molar-refractivity contribution < 1.29 is 9.90 Å². The van der Waals surface area contributed by atoms with Gasteiger partial charge < -0.3 is 15.0 Å². The molecule has 5 rings (SSSR count). The number of benzene rings is 2. The quantitative estimate of drug-likeness (QED) is 0.598. The Hall–Kier alpha value is -2.86. The van der Waals surface area contributed by atoms with Crippen molar-refractivity contribution in [2.75, 3.05) is 18.0 Å². The van der Waals surface area contributed by atoms with Gasteiger partial charge in [0.2, 0.25) is 0 Å². The van der Waals surface area contributed by atoms with Crippen molar-refractivity contribution in [2.45, 2.75) is 64.0 Å². The van der Waals surface area contributed by atoms with Gasteiger partial charge in [-0.15, -0.1) is 0 Å². The second-order valence-corrected chi connectivity index (χ2v) is 9.05. The highest BCUT2D eigenvalue weighted by molar-refractivity contribution is 5.94. The van der Waals surface area contributed by atoms with Crippen molar-refractivity contribution >= 4 is 22.8 Å². The van der Waals surface area contributed by atoms with Crippen LogP contribution >= 0.6 is 0 Å². The van der Waals surface area contributed by atoms with Crippen molar-refractivity contribution in [2.24, 2.45) is 0 Å². The van der Waals surface area contributed by atoms with Gasteiger partial charge in [0.15, 0.2) is 0 Å². The van der Waals surface area contributed by atoms with Crippen LogP contribution in [0.2, 0.25) is 0 Å². The van der Waals surface area contributed by atoms with E-state index in [0.29, 0.717) is 6.04 Å². The number of piperidine rings is 1. The molecule has 6 nitrogen and oxygen atoms in total. The average Bonchev–Trinajstić information content (AvgIpc) is 3.21. The zero-order valence-corrected chi connectivity index (χ0v) is 18.8. The maximum absolute atomic E-state index is 12.1. The van der Waals surface area contributed by atoms with Gasteiger partial charge >= 0.3 is 6.09 Å². The summed E-state index contributed by atoms with van der Waals surface area (Å²) in [6, 6.07) is 15.2. The Morgan fingerprint density at radius 3 is 2.59 bits per heavy atom. The number of carbonyl (C=O) groups is 1. The fourth-order valence-electron chi connectivity index (χ4n) is 5.56. The molecule has 1 aromatic heterocycles. The molecule has 0 aliphatic carbocycles. The summed E-state index contributed by atoms with van der Waals surface area (Å²) in [5, 5.41) is 13.4. The number of anilines is 1. The van der Waals surface area contributed by atoms with Gasteiger partial charge in [0.1, 0.15) is 5.82 Å². The fraction of sp³-hybridized carbons (Fsp3) is 0.462. The number of imidazole rings is 1. The predicted molar refractivity (Wildman–Crippen MR) is 128 cm³/mol. The molecule has 2 aromatic carbocycles. The first-order valence-corrected chi connectivity index (χ1v) is 12.0. The Morgan fingerprint density at radius 1 is 1.09 bits per heavy atom.